The largest absolute Gasteiger partial charge is 0.354 e. The fraction of sp³-hybridized carbons (Fsp3) is 0.235. The van der Waals surface area contributed by atoms with E-state index in [9.17, 15) is 22.4 Å². The molecule has 0 fully saturated rings. The van der Waals surface area contributed by atoms with Crippen LogP contribution < -0.4 is 9.62 Å². The van der Waals surface area contributed by atoms with Crippen molar-refractivity contribution in [3.8, 4) is 0 Å². The highest BCUT2D eigenvalue weighted by molar-refractivity contribution is 7.92. The van der Waals surface area contributed by atoms with Crippen molar-refractivity contribution in [3.63, 3.8) is 0 Å². The Labute approximate surface area is 263 Å². The van der Waals surface area contributed by atoms with Crippen LogP contribution >= 0.6 is 11.6 Å². The summed E-state index contributed by atoms with van der Waals surface area (Å²) in [7, 11) is -4.30. The van der Waals surface area contributed by atoms with Crippen molar-refractivity contribution >= 4 is 39.1 Å². The quantitative estimate of drug-likeness (QED) is 0.166. The van der Waals surface area contributed by atoms with Crippen molar-refractivity contribution in [3.05, 3.63) is 131 Å². The van der Waals surface area contributed by atoms with Crippen LogP contribution in [0.25, 0.3) is 0 Å². The van der Waals surface area contributed by atoms with E-state index in [0.717, 1.165) is 34.3 Å². The summed E-state index contributed by atoms with van der Waals surface area (Å²) in [5.41, 5.74) is 1.62. The standard InChI is InChI=1S/C34H35ClFN3O4S/c1-2-3-21-37-34(41)32(22-26-13-7-4-8-14-26)38(24-27-15-9-5-10-16-27)33(40)25-39(28-19-20-31(36)30(35)23-28)44(42,43)29-17-11-6-12-18-29/h4-20,23,32H,2-3,21-22,24-25H2,1H3,(H,37,41)/t32-/m0/s1. The second-order valence-corrected chi connectivity index (χ2v) is 12.5. The van der Waals surface area contributed by atoms with E-state index in [4.69, 9.17) is 11.6 Å². The molecule has 0 aromatic heterocycles. The van der Waals surface area contributed by atoms with Gasteiger partial charge in [-0.15, -0.1) is 0 Å². The van der Waals surface area contributed by atoms with Crippen LogP contribution in [0.1, 0.15) is 30.9 Å². The number of benzene rings is 4. The van der Waals surface area contributed by atoms with Crippen molar-refractivity contribution in [2.45, 2.75) is 43.7 Å². The maximum atomic E-state index is 14.4. The summed E-state index contributed by atoms with van der Waals surface area (Å²) in [5, 5.41) is 2.67. The van der Waals surface area contributed by atoms with Crippen LogP contribution in [0.2, 0.25) is 5.02 Å². The molecule has 0 heterocycles. The molecule has 0 saturated carbocycles. The first-order valence-electron chi connectivity index (χ1n) is 14.4. The summed E-state index contributed by atoms with van der Waals surface area (Å²) in [5.74, 6) is -1.68. The molecule has 0 aliphatic heterocycles. The van der Waals surface area contributed by atoms with Crippen LogP contribution in [-0.4, -0.2) is 44.3 Å². The molecule has 230 valence electrons. The smallest absolute Gasteiger partial charge is 0.264 e. The minimum Gasteiger partial charge on any atom is -0.354 e. The Hall–Kier alpha value is -4.21. The Morgan fingerprint density at radius 1 is 0.864 bits per heavy atom. The van der Waals surface area contributed by atoms with E-state index in [1.165, 1.54) is 29.2 Å². The van der Waals surface area contributed by atoms with E-state index < -0.39 is 34.3 Å². The highest BCUT2D eigenvalue weighted by Crippen LogP contribution is 2.28. The maximum absolute atomic E-state index is 14.4. The lowest BCUT2D eigenvalue weighted by molar-refractivity contribution is -0.140. The lowest BCUT2D eigenvalue weighted by Crippen LogP contribution is -2.53. The highest BCUT2D eigenvalue weighted by atomic mass is 35.5. The van der Waals surface area contributed by atoms with E-state index >= 15 is 0 Å². The first-order valence-corrected chi connectivity index (χ1v) is 16.2. The molecular formula is C34H35ClFN3O4S. The van der Waals surface area contributed by atoms with Gasteiger partial charge in [0.2, 0.25) is 11.8 Å². The van der Waals surface area contributed by atoms with Crippen LogP contribution in [0.5, 0.6) is 0 Å². The van der Waals surface area contributed by atoms with Gasteiger partial charge in [-0.1, -0.05) is 104 Å². The molecule has 0 saturated heterocycles. The van der Waals surface area contributed by atoms with E-state index in [2.05, 4.69) is 5.32 Å². The number of hydrogen-bond donors (Lipinski definition) is 1. The van der Waals surface area contributed by atoms with E-state index in [-0.39, 0.29) is 34.5 Å². The zero-order valence-corrected chi connectivity index (χ0v) is 26.0. The molecule has 0 aliphatic rings. The van der Waals surface area contributed by atoms with Crippen molar-refractivity contribution in [2.24, 2.45) is 0 Å². The number of carbonyl (C=O) groups is 2. The number of nitrogens with zero attached hydrogens (tertiary/aromatic N) is 2. The van der Waals surface area contributed by atoms with Crippen molar-refractivity contribution in [1.29, 1.82) is 0 Å². The van der Waals surface area contributed by atoms with Gasteiger partial charge in [0.05, 0.1) is 15.6 Å². The Kier molecular flexibility index (Phi) is 11.5. The molecule has 0 radical (unpaired) electrons. The summed E-state index contributed by atoms with van der Waals surface area (Å²) in [4.78, 5) is 29.4. The first-order chi connectivity index (χ1) is 21.2. The summed E-state index contributed by atoms with van der Waals surface area (Å²) < 4.78 is 42.9. The van der Waals surface area contributed by atoms with E-state index in [1.807, 2.05) is 67.6 Å². The normalized spacial score (nSPS) is 11.9. The second kappa shape index (κ2) is 15.5. The van der Waals surface area contributed by atoms with Gasteiger partial charge < -0.3 is 10.2 Å². The Morgan fingerprint density at radius 3 is 2.05 bits per heavy atom. The van der Waals surface area contributed by atoms with Gasteiger partial charge in [-0.05, 0) is 47.9 Å². The van der Waals surface area contributed by atoms with Crippen molar-refractivity contribution in [1.82, 2.24) is 10.2 Å². The molecule has 1 atom stereocenters. The van der Waals surface area contributed by atoms with Crippen LogP contribution in [-0.2, 0) is 32.6 Å². The molecule has 4 aromatic carbocycles. The highest BCUT2D eigenvalue weighted by Gasteiger charge is 2.34. The van der Waals surface area contributed by atoms with Gasteiger partial charge in [-0.3, -0.25) is 13.9 Å². The van der Waals surface area contributed by atoms with Crippen LogP contribution in [0, 0.1) is 5.82 Å². The first kappa shape index (κ1) is 32.7. The number of halogens is 2. The van der Waals surface area contributed by atoms with Gasteiger partial charge in [0, 0.05) is 19.5 Å². The van der Waals surface area contributed by atoms with E-state index in [0.29, 0.717) is 6.54 Å². The molecule has 0 spiro atoms. The van der Waals surface area contributed by atoms with Gasteiger partial charge in [0.15, 0.2) is 0 Å². The third kappa shape index (κ3) is 8.45. The Morgan fingerprint density at radius 2 is 1.45 bits per heavy atom. The molecule has 1 N–H and O–H groups in total. The number of rotatable bonds is 14. The molecule has 2 amide bonds. The third-order valence-electron chi connectivity index (χ3n) is 7.10. The average molecular weight is 636 g/mol. The fourth-order valence-electron chi connectivity index (χ4n) is 4.73. The monoisotopic (exact) mass is 635 g/mol. The van der Waals surface area contributed by atoms with Gasteiger partial charge in [-0.2, -0.15) is 0 Å². The SMILES string of the molecule is CCCCNC(=O)[C@H](Cc1ccccc1)N(Cc1ccccc1)C(=O)CN(c1ccc(F)c(Cl)c1)S(=O)(=O)c1ccccc1. The molecule has 0 unspecified atom stereocenters. The molecule has 0 bridgehead atoms. The topological polar surface area (TPSA) is 86.8 Å². The summed E-state index contributed by atoms with van der Waals surface area (Å²) in [6.07, 6.45) is 1.86. The zero-order valence-electron chi connectivity index (χ0n) is 24.4. The van der Waals surface area contributed by atoms with Gasteiger partial charge >= 0.3 is 0 Å². The average Bonchev–Trinajstić information content (AvgIpc) is 3.04. The van der Waals surface area contributed by atoms with Crippen LogP contribution in [0.4, 0.5) is 10.1 Å². The molecule has 0 aliphatic carbocycles. The summed E-state index contributed by atoms with van der Waals surface area (Å²) in [6, 6.07) is 28.7. The zero-order chi connectivity index (χ0) is 31.5. The molecule has 4 rings (SSSR count). The molecule has 7 nitrogen and oxygen atoms in total. The van der Waals surface area contributed by atoms with Gasteiger partial charge in [-0.25, -0.2) is 12.8 Å². The molecule has 10 heteroatoms. The van der Waals surface area contributed by atoms with Crippen molar-refractivity contribution < 1.29 is 22.4 Å². The number of hydrogen-bond acceptors (Lipinski definition) is 4. The maximum Gasteiger partial charge on any atom is 0.264 e. The van der Waals surface area contributed by atoms with Crippen LogP contribution in [0.15, 0.2) is 114 Å². The number of nitrogens with one attached hydrogen (secondary N) is 1. The molecule has 44 heavy (non-hydrogen) atoms. The number of anilines is 1. The number of unbranched alkanes of at least 4 members (excludes halogenated alkanes) is 1. The number of amides is 2. The number of sulfonamides is 1. The van der Waals surface area contributed by atoms with Crippen LogP contribution in [0.3, 0.4) is 0 Å². The molecular weight excluding hydrogens is 601 g/mol. The second-order valence-electron chi connectivity index (χ2n) is 10.3. The van der Waals surface area contributed by atoms with Gasteiger partial charge in [0.25, 0.3) is 10.0 Å². The lowest BCUT2D eigenvalue weighted by atomic mass is 10.0. The minimum atomic E-state index is -4.30. The number of carbonyl (C=O) groups excluding carboxylic acids is 2. The fourth-order valence-corrected chi connectivity index (χ4v) is 6.33. The molecule has 4 aromatic rings. The Bertz CT molecular complexity index is 1640. The van der Waals surface area contributed by atoms with E-state index in [1.54, 1.807) is 18.2 Å². The lowest BCUT2D eigenvalue weighted by Gasteiger charge is -2.34. The Balaban J connectivity index is 1.78. The van der Waals surface area contributed by atoms with Gasteiger partial charge in [0.1, 0.15) is 18.4 Å². The summed E-state index contributed by atoms with van der Waals surface area (Å²) in [6.45, 7) is 1.86. The predicted octanol–water partition coefficient (Wildman–Crippen LogP) is 6.23. The minimum absolute atomic E-state index is 0.0141. The third-order valence-corrected chi connectivity index (χ3v) is 9.18. The summed E-state index contributed by atoms with van der Waals surface area (Å²) >= 11 is 6.06. The van der Waals surface area contributed by atoms with Crippen molar-refractivity contribution in [2.75, 3.05) is 17.4 Å². The predicted molar refractivity (Wildman–Crippen MR) is 171 cm³/mol.